The molecule has 0 heterocycles. The maximum Gasteiger partial charge on any atom is 0.417 e. The Hall–Kier alpha value is -2.97. The smallest absolute Gasteiger partial charge is 0.417 e. The Balaban J connectivity index is 2.36. The summed E-state index contributed by atoms with van der Waals surface area (Å²) in [6.07, 6.45) is -3.46. The Kier molecular flexibility index (Phi) is 7.17. The lowest BCUT2D eigenvalue weighted by Gasteiger charge is -2.17. The van der Waals surface area contributed by atoms with Crippen LogP contribution in [-0.4, -0.2) is 30.8 Å². The molecule has 0 bridgehead atoms. The zero-order valence-electron chi connectivity index (χ0n) is 16.9. The fraction of sp³-hybridized carbons (Fsp3) is 0.333. The van der Waals surface area contributed by atoms with E-state index in [2.05, 4.69) is 4.99 Å². The minimum atomic E-state index is -4.85. The van der Waals surface area contributed by atoms with E-state index in [1.165, 1.54) is 38.4 Å². The van der Waals surface area contributed by atoms with Crippen molar-refractivity contribution in [2.75, 3.05) is 13.6 Å². The van der Waals surface area contributed by atoms with Gasteiger partial charge in [-0.3, -0.25) is 0 Å². The van der Waals surface area contributed by atoms with Crippen molar-refractivity contribution < 1.29 is 31.5 Å². The number of nitrogens with zero attached hydrogens (tertiary/aromatic N) is 2. The zero-order chi connectivity index (χ0) is 22.6. The summed E-state index contributed by atoms with van der Waals surface area (Å²) in [5, 5.41) is 0. The van der Waals surface area contributed by atoms with Crippen LogP contribution in [0.3, 0.4) is 0 Å². The van der Waals surface area contributed by atoms with E-state index in [1.54, 1.807) is 11.9 Å². The van der Waals surface area contributed by atoms with Gasteiger partial charge in [-0.15, -0.1) is 0 Å². The number of carbonyl (C=O) groups excluding carboxylic acids is 1. The molecule has 0 atom stereocenters. The summed E-state index contributed by atoms with van der Waals surface area (Å²) in [5.74, 6) is -3.61. The molecular formula is C21H21F5N2O2. The highest BCUT2D eigenvalue weighted by atomic mass is 19.4. The lowest BCUT2D eigenvalue weighted by Crippen LogP contribution is -2.18. The molecule has 0 aliphatic rings. The number of alkyl halides is 3. The van der Waals surface area contributed by atoms with Crippen molar-refractivity contribution in [3.63, 3.8) is 0 Å². The van der Waals surface area contributed by atoms with Crippen molar-refractivity contribution in [2.45, 2.75) is 33.6 Å². The van der Waals surface area contributed by atoms with Crippen LogP contribution in [0.1, 0.15) is 39.5 Å². The fourth-order valence-corrected chi connectivity index (χ4v) is 2.64. The number of rotatable bonds is 6. The molecule has 0 fully saturated rings. The number of aliphatic imine (C=N–C) groups is 1. The van der Waals surface area contributed by atoms with Gasteiger partial charge >= 0.3 is 12.1 Å². The van der Waals surface area contributed by atoms with Gasteiger partial charge in [-0.2, -0.15) is 13.2 Å². The van der Waals surface area contributed by atoms with Crippen LogP contribution in [0.15, 0.2) is 29.3 Å². The molecule has 2 rings (SSSR count). The van der Waals surface area contributed by atoms with E-state index in [0.29, 0.717) is 6.54 Å². The lowest BCUT2D eigenvalue weighted by molar-refractivity contribution is -0.138. The number of halogens is 5. The molecule has 0 aliphatic heterocycles. The van der Waals surface area contributed by atoms with E-state index < -0.39 is 41.5 Å². The van der Waals surface area contributed by atoms with Crippen LogP contribution in [0.2, 0.25) is 0 Å². The minimum absolute atomic E-state index is 0.0471. The number of hydrogen-bond donors (Lipinski definition) is 0. The zero-order valence-corrected chi connectivity index (χ0v) is 16.9. The molecule has 0 N–H and O–H groups in total. The number of hydrogen-bond acceptors (Lipinski definition) is 3. The van der Waals surface area contributed by atoms with Crippen LogP contribution in [0.5, 0.6) is 0 Å². The van der Waals surface area contributed by atoms with Gasteiger partial charge in [0.1, 0.15) is 6.61 Å². The topological polar surface area (TPSA) is 41.9 Å². The SMILES string of the molecule is CCN(C)C=Nc1ccc(C(=O)OCc2ccc(C)c(F)c2F)c(C(F)(F)F)c1C. The monoisotopic (exact) mass is 428 g/mol. The van der Waals surface area contributed by atoms with Gasteiger partial charge in [0.15, 0.2) is 11.6 Å². The van der Waals surface area contributed by atoms with Gasteiger partial charge in [0.05, 0.1) is 23.2 Å². The van der Waals surface area contributed by atoms with Gasteiger partial charge in [0, 0.05) is 19.2 Å². The number of benzene rings is 2. The maximum absolute atomic E-state index is 13.9. The standard InChI is InChI=1S/C21H21F5N2O2/c1-5-28(4)11-27-16-9-8-15(17(13(16)3)21(24,25)26)20(29)30-10-14-7-6-12(2)18(22)19(14)23/h6-9,11H,5,10H2,1-4H3. The second-order valence-corrected chi connectivity index (χ2v) is 6.69. The van der Waals surface area contributed by atoms with Gasteiger partial charge in [0.2, 0.25) is 0 Å². The molecule has 30 heavy (non-hydrogen) atoms. The van der Waals surface area contributed by atoms with E-state index in [9.17, 15) is 26.7 Å². The molecule has 0 unspecified atom stereocenters. The second-order valence-electron chi connectivity index (χ2n) is 6.69. The molecule has 162 valence electrons. The van der Waals surface area contributed by atoms with Gasteiger partial charge < -0.3 is 9.64 Å². The number of ether oxygens (including phenoxy) is 1. The molecule has 9 heteroatoms. The molecule has 0 aromatic heterocycles. The first-order chi connectivity index (χ1) is 14.0. The third-order valence-corrected chi connectivity index (χ3v) is 4.55. The molecule has 0 saturated carbocycles. The molecule has 0 aliphatic carbocycles. The quantitative estimate of drug-likeness (QED) is 0.262. The predicted octanol–water partition coefficient (Wildman–Crippen LogP) is 5.57. The first kappa shape index (κ1) is 23.3. The summed E-state index contributed by atoms with van der Waals surface area (Å²) in [6.45, 7) is 4.30. The predicted molar refractivity (Wildman–Crippen MR) is 103 cm³/mol. The van der Waals surface area contributed by atoms with Crippen LogP contribution in [0.4, 0.5) is 27.6 Å². The van der Waals surface area contributed by atoms with Gasteiger partial charge in [-0.05, 0) is 44.0 Å². The normalized spacial score (nSPS) is 11.8. The van der Waals surface area contributed by atoms with Crippen molar-refractivity contribution in [1.29, 1.82) is 0 Å². The first-order valence-corrected chi connectivity index (χ1v) is 9.03. The largest absolute Gasteiger partial charge is 0.457 e. The average Bonchev–Trinajstić information content (AvgIpc) is 2.68. The number of aryl methyl sites for hydroxylation is 1. The van der Waals surface area contributed by atoms with E-state index in [1.807, 2.05) is 6.92 Å². The van der Waals surface area contributed by atoms with E-state index in [-0.39, 0.29) is 22.4 Å². The molecule has 2 aromatic carbocycles. The van der Waals surface area contributed by atoms with Crippen LogP contribution in [-0.2, 0) is 17.5 Å². The Morgan fingerprint density at radius 2 is 1.80 bits per heavy atom. The first-order valence-electron chi connectivity index (χ1n) is 9.03. The van der Waals surface area contributed by atoms with Crippen molar-refractivity contribution >= 4 is 18.0 Å². The van der Waals surface area contributed by atoms with Crippen LogP contribution < -0.4 is 0 Å². The maximum atomic E-state index is 13.9. The molecule has 0 amide bonds. The number of carbonyl (C=O) groups is 1. The summed E-state index contributed by atoms with van der Waals surface area (Å²) in [6, 6.07) is 4.72. The molecule has 0 saturated heterocycles. The van der Waals surface area contributed by atoms with Crippen LogP contribution in [0, 0.1) is 25.5 Å². The Morgan fingerprint density at radius 3 is 2.40 bits per heavy atom. The Labute approximate surface area is 171 Å². The third kappa shape index (κ3) is 5.14. The fourth-order valence-electron chi connectivity index (χ4n) is 2.64. The second kappa shape index (κ2) is 9.23. The van der Waals surface area contributed by atoms with Crippen LogP contribution in [0.25, 0.3) is 0 Å². The van der Waals surface area contributed by atoms with Crippen molar-refractivity contribution in [3.8, 4) is 0 Å². The Morgan fingerprint density at radius 1 is 1.13 bits per heavy atom. The minimum Gasteiger partial charge on any atom is -0.457 e. The molecule has 4 nitrogen and oxygen atoms in total. The van der Waals surface area contributed by atoms with E-state index in [0.717, 1.165) is 6.07 Å². The molecule has 0 spiro atoms. The average molecular weight is 428 g/mol. The number of esters is 1. The molecule has 2 aromatic rings. The summed E-state index contributed by atoms with van der Waals surface area (Å²) < 4.78 is 73.4. The van der Waals surface area contributed by atoms with Crippen LogP contribution >= 0.6 is 0 Å². The highest BCUT2D eigenvalue weighted by Gasteiger charge is 2.38. The lowest BCUT2D eigenvalue weighted by atomic mass is 9.99. The summed E-state index contributed by atoms with van der Waals surface area (Å²) in [4.78, 5) is 18.0. The van der Waals surface area contributed by atoms with Gasteiger partial charge in [0.25, 0.3) is 0 Å². The van der Waals surface area contributed by atoms with Gasteiger partial charge in [-0.1, -0.05) is 12.1 Å². The Bertz CT molecular complexity index is 971. The molecular weight excluding hydrogens is 407 g/mol. The summed E-state index contributed by atoms with van der Waals surface area (Å²) in [5.41, 5.74) is -2.33. The van der Waals surface area contributed by atoms with E-state index >= 15 is 0 Å². The van der Waals surface area contributed by atoms with Crippen molar-refractivity contribution in [3.05, 3.63) is 63.7 Å². The highest BCUT2D eigenvalue weighted by molar-refractivity contribution is 5.92. The van der Waals surface area contributed by atoms with Crippen molar-refractivity contribution in [2.24, 2.45) is 4.99 Å². The van der Waals surface area contributed by atoms with E-state index in [4.69, 9.17) is 4.74 Å². The van der Waals surface area contributed by atoms with Gasteiger partial charge in [-0.25, -0.2) is 18.6 Å². The molecule has 0 radical (unpaired) electrons. The van der Waals surface area contributed by atoms with Crippen molar-refractivity contribution in [1.82, 2.24) is 4.90 Å². The third-order valence-electron chi connectivity index (χ3n) is 4.55. The summed E-state index contributed by atoms with van der Waals surface area (Å²) >= 11 is 0. The summed E-state index contributed by atoms with van der Waals surface area (Å²) in [7, 11) is 1.71. The highest BCUT2D eigenvalue weighted by Crippen LogP contribution is 2.38.